The van der Waals surface area contributed by atoms with E-state index in [1.54, 1.807) is 18.5 Å². The molecule has 192 valence electrons. The summed E-state index contributed by atoms with van der Waals surface area (Å²) >= 11 is 2.57. The van der Waals surface area contributed by atoms with Gasteiger partial charge in [0.1, 0.15) is 10.4 Å². The lowest BCUT2D eigenvalue weighted by Gasteiger charge is -2.13. The van der Waals surface area contributed by atoms with E-state index < -0.39 is 11.2 Å². The molecule has 3 heterocycles. The maximum Gasteiger partial charge on any atom is 0.341 e. The summed E-state index contributed by atoms with van der Waals surface area (Å²) in [6.07, 6.45) is 4.19. The highest BCUT2D eigenvalue weighted by atomic mass is 32.2. The van der Waals surface area contributed by atoms with Crippen molar-refractivity contribution in [2.75, 3.05) is 11.9 Å². The molecule has 4 aromatic rings. The zero-order valence-corrected chi connectivity index (χ0v) is 22.6. The van der Waals surface area contributed by atoms with Crippen molar-refractivity contribution in [2.45, 2.75) is 57.4 Å². The highest BCUT2D eigenvalue weighted by Gasteiger charge is 2.29. The van der Waals surface area contributed by atoms with Gasteiger partial charge in [0.15, 0.2) is 10.8 Å². The van der Waals surface area contributed by atoms with Gasteiger partial charge < -0.3 is 15.0 Å². The van der Waals surface area contributed by atoms with Gasteiger partial charge >= 0.3 is 5.97 Å². The minimum Gasteiger partial charge on any atom is -0.462 e. The fraction of sp³-hybridized carbons (Fsp3) is 0.346. The van der Waals surface area contributed by atoms with E-state index in [1.165, 1.54) is 17.5 Å². The van der Waals surface area contributed by atoms with Crippen LogP contribution < -0.4 is 10.9 Å². The number of esters is 1. The van der Waals surface area contributed by atoms with Crippen LogP contribution in [-0.4, -0.2) is 43.5 Å². The Hall–Kier alpha value is -3.44. The number of amides is 1. The molecule has 37 heavy (non-hydrogen) atoms. The molecule has 1 aromatic carbocycles. The second kappa shape index (κ2) is 10.1. The van der Waals surface area contributed by atoms with E-state index in [0.717, 1.165) is 58.3 Å². The van der Waals surface area contributed by atoms with Crippen LogP contribution in [0, 0.1) is 13.8 Å². The first-order valence-corrected chi connectivity index (χ1v) is 13.8. The van der Waals surface area contributed by atoms with Crippen LogP contribution in [0.15, 0.2) is 34.3 Å². The fourth-order valence-electron chi connectivity index (χ4n) is 4.44. The number of carbonyl (C=O) groups excluding carboxylic acids is 2. The number of thioether (sulfide) groups is 1. The number of aromatic amines is 1. The molecule has 1 amide bonds. The number of hydrogen-bond acceptors (Lipinski definition) is 8. The highest BCUT2D eigenvalue weighted by molar-refractivity contribution is 8.00. The SMILES string of the molecule is CCOC(=O)c1c(NC(=O)C(C)Sc2nc3c(cnn3-c3cccc(C)c3C)c(=O)[nH]2)sc2c1CCC2. The van der Waals surface area contributed by atoms with E-state index >= 15 is 0 Å². The van der Waals surface area contributed by atoms with E-state index in [0.29, 0.717) is 26.8 Å². The van der Waals surface area contributed by atoms with Gasteiger partial charge in [-0.15, -0.1) is 11.3 Å². The summed E-state index contributed by atoms with van der Waals surface area (Å²) in [5.41, 5.74) is 4.53. The summed E-state index contributed by atoms with van der Waals surface area (Å²) in [6.45, 7) is 7.78. The number of thiophene rings is 1. The number of ether oxygens (including phenoxy) is 1. The van der Waals surface area contributed by atoms with Crippen molar-refractivity contribution in [3.8, 4) is 5.69 Å². The molecule has 0 aliphatic heterocycles. The number of nitrogens with one attached hydrogen (secondary N) is 2. The van der Waals surface area contributed by atoms with Gasteiger partial charge in [0, 0.05) is 4.88 Å². The third-order valence-corrected chi connectivity index (χ3v) is 8.71. The van der Waals surface area contributed by atoms with Gasteiger partial charge in [0.05, 0.1) is 29.3 Å². The predicted molar refractivity (Wildman–Crippen MR) is 145 cm³/mol. The minimum absolute atomic E-state index is 0.267. The van der Waals surface area contributed by atoms with Crippen molar-refractivity contribution in [3.63, 3.8) is 0 Å². The van der Waals surface area contributed by atoms with Gasteiger partial charge in [0.25, 0.3) is 5.56 Å². The number of nitrogens with zero attached hydrogens (tertiary/aromatic N) is 3. The van der Waals surface area contributed by atoms with Gasteiger partial charge in [0.2, 0.25) is 5.91 Å². The number of H-pyrrole nitrogens is 1. The quantitative estimate of drug-likeness (QED) is 0.201. The Balaban J connectivity index is 1.41. The van der Waals surface area contributed by atoms with Crippen LogP contribution in [0.1, 0.15) is 52.2 Å². The van der Waals surface area contributed by atoms with Crippen LogP contribution >= 0.6 is 23.1 Å². The lowest BCUT2D eigenvalue weighted by Crippen LogP contribution is -2.24. The Morgan fingerprint density at radius 1 is 1.30 bits per heavy atom. The molecule has 9 nitrogen and oxygen atoms in total. The topological polar surface area (TPSA) is 119 Å². The zero-order valence-electron chi connectivity index (χ0n) is 21.0. The molecular weight excluding hydrogens is 510 g/mol. The molecule has 0 saturated heterocycles. The lowest BCUT2D eigenvalue weighted by atomic mass is 10.1. The molecule has 0 radical (unpaired) electrons. The molecule has 0 spiro atoms. The maximum absolute atomic E-state index is 13.1. The number of fused-ring (bicyclic) bond motifs is 2. The number of aryl methyl sites for hydroxylation is 2. The first kappa shape index (κ1) is 25.2. The van der Waals surface area contributed by atoms with Crippen molar-refractivity contribution in [1.29, 1.82) is 0 Å². The number of aromatic nitrogens is 4. The van der Waals surface area contributed by atoms with Crippen LogP contribution in [-0.2, 0) is 22.4 Å². The molecule has 5 rings (SSSR count). The maximum atomic E-state index is 13.1. The fourth-order valence-corrected chi connectivity index (χ4v) is 6.51. The van der Waals surface area contributed by atoms with Crippen LogP contribution in [0.4, 0.5) is 5.00 Å². The van der Waals surface area contributed by atoms with Crippen molar-refractivity contribution in [1.82, 2.24) is 19.7 Å². The third kappa shape index (κ3) is 4.69. The molecule has 11 heteroatoms. The summed E-state index contributed by atoms with van der Waals surface area (Å²) in [6, 6.07) is 5.88. The Morgan fingerprint density at radius 2 is 2.11 bits per heavy atom. The second-order valence-corrected chi connectivity index (χ2v) is 11.3. The molecule has 0 bridgehead atoms. The molecule has 1 atom stereocenters. The number of carbonyl (C=O) groups is 2. The van der Waals surface area contributed by atoms with Gasteiger partial charge in [-0.3, -0.25) is 9.59 Å². The van der Waals surface area contributed by atoms with Crippen molar-refractivity contribution in [2.24, 2.45) is 0 Å². The molecule has 1 aliphatic carbocycles. The number of rotatable bonds is 7. The molecule has 0 saturated carbocycles. The minimum atomic E-state index is -0.593. The molecule has 2 N–H and O–H groups in total. The van der Waals surface area contributed by atoms with E-state index in [-0.39, 0.29) is 18.1 Å². The Kier molecular flexibility index (Phi) is 6.91. The molecule has 1 aliphatic rings. The lowest BCUT2D eigenvalue weighted by molar-refractivity contribution is -0.115. The van der Waals surface area contributed by atoms with E-state index in [1.807, 2.05) is 32.0 Å². The molecule has 3 aromatic heterocycles. The average Bonchev–Trinajstić information content (AvgIpc) is 3.56. The standard InChI is InChI=1S/C26H27N5O4S2/c1-5-35-25(34)20-16-9-7-11-19(16)37-24(20)29-22(32)15(4)36-26-28-21-17(23(33)30-26)12-27-31(21)18-10-6-8-13(2)14(18)3/h6,8,10,12,15H,5,7,9,11H2,1-4H3,(H,29,32)(H,28,30,33). The van der Waals surface area contributed by atoms with Gasteiger partial charge in [-0.25, -0.2) is 14.5 Å². The predicted octanol–water partition coefficient (Wildman–Crippen LogP) is 4.57. The summed E-state index contributed by atoms with van der Waals surface area (Å²) in [5, 5.41) is 7.93. The van der Waals surface area contributed by atoms with Crippen LogP contribution in [0.5, 0.6) is 0 Å². The Bertz CT molecular complexity index is 1590. The van der Waals surface area contributed by atoms with Crippen molar-refractivity contribution >= 4 is 51.0 Å². The van der Waals surface area contributed by atoms with Gasteiger partial charge in [-0.2, -0.15) is 5.10 Å². The third-order valence-electron chi connectivity index (χ3n) is 6.52. The first-order valence-electron chi connectivity index (χ1n) is 12.1. The smallest absolute Gasteiger partial charge is 0.341 e. The number of anilines is 1. The summed E-state index contributed by atoms with van der Waals surface area (Å²) < 4.78 is 6.91. The van der Waals surface area contributed by atoms with Crippen molar-refractivity contribution < 1.29 is 14.3 Å². The van der Waals surface area contributed by atoms with Crippen LogP contribution in [0.25, 0.3) is 16.7 Å². The number of benzene rings is 1. The summed E-state index contributed by atoms with van der Waals surface area (Å²) in [5.74, 6) is -0.699. The average molecular weight is 538 g/mol. The first-order chi connectivity index (χ1) is 17.8. The summed E-state index contributed by atoms with van der Waals surface area (Å²) in [7, 11) is 0. The normalized spacial score (nSPS) is 13.5. The highest BCUT2D eigenvalue weighted by Crippen LogP contribution is 2.40. The van der Waals surface area contributed by atoms with Gasteiger partial charge in [-0.1, -0.05) is 23.9 Å². The molecule has 1 unspecified atom stereocenters. The Labute approximate surface area is 221 Å². The second-order valence-electron chi connectivity index (χ2n) is 8.92. The van der Waals surface area contributed by atoms with Gasteiger partial charge in [-0.05, 0) is 69.7 Å². The molecule has 0 fully saturated rings. The summed E-state index contributed by atoms with van der Waals surface area (Å²) in [4.78, 5) is 47.1. The van der Waals surface area contributed by atoms with E-state index in [9.17, 15) is 14.4 Å². The number of hydrogen-bond donors (Lipinski definition) is 2. The van der Waals surface area contributed by atoms with E-state index in [2.05, 4.69) is 20.4 Å². The van der Waals surface area contributed by atoms with Crippen LogP contribution in [0.2, 0.25) is 0 Å². The zero-order chi connectivity index (χ0) is 26.3. The molecular formula is C26H27N5O4S2. The van der Waals surface area contributed by atoms with E-state index in [4.69, 9.17) is 4.74 Å². The monoisotopic (exact) mass is 537 g/mol. The van der Waals surface area contributed by atoms with Crippen molar-refractivity contribution in [3.05, 3.63) is 61.9 Å². The largest absolute Gasteiger partial charge is 0.462 e. The Morgan fingerprint density at radius 3 is 2.89 bits per heavy atom. The van der Waals surface area contributed by atoms with Crippen LogP contribution in [0.3, 0.4) is 0 Å².